The van der Waals surface area contributed by atoms with Gasteiger partial charge in [0.1, 0.15) is 12.4 Å². The first-order valence-corrected chi connectivity index (χ1v) is 7.35. The third-order valence-corrected chi connectivity index (χ3v) is 3.54. The van der Waals surface area contributed by atoms with Gasteiger partial charge in [0.25, 0.3) is 0 Å². The van der Waals surface area contributed by atoms with Crippen molar-refractivity contribution in [2.45, 2.75) is 6.54 Å². The zero-order valence-corrected chi connectivity index (χ0v) is 12.8. The van der Waals surface area contributed by atoms with E-state index in [2.05, 4.69) is 6.58 Å². The second kappa shape index (κ2) is 7.18. The Bertz CT molecular complexity index is 693. The predicted octanol–water partition coefficient (Wildman–Crippen LogP) is 2.69. The molecule has 4 nitrogen and oxygen atoms in total. The van der Waals surface area contributed by atoms with Crippen molar-refractivity contribution in [3.8, 4) is 17.2 Å². The number of hydrogen-bond acceptors (Lipinski definition) is 4. The van der Waals surface area contributed by atoms with Crippen LogP contribution in [0.2, 0.25) is 0 Å². The summed E-state index contributed by atoms with van der Waals surface area (Å²) < 4.78 is 16.5. The second-order valence-corrected chi connectivity index (χ2v) is 5.02. The molecule has 0 N–H and O–H groups in total. The highest BCUT2D eigenvalue weighted by Gasteiger charge is 2.16. The molecule has 2 aromatic carbocycles. The molecule has 1 heterocycles. The van der Waals surface area contributed by atoms with Gasteiger partial charge in [0, 0.05) is 31.6 Å². The number of fused-ring (bicyclic) bond motifs is 1. The van der Waals surface area contributed by atoms with Crippen molar-refractivity contribution in [1.82, 2.24) is 0 Å². The number of hydrogen-bond donors (Lipinski definition) is 0. The van der Waals surface area contributed by atoms with Gasteiger partial charge in [0.15, 0.2) is 18.8 Å². The minimum absolute atomic E-state index is 0.253. The van der Waals surface area contributed by atoms with Gasteiger partial charge in [0.05, 0.1) is 0 Å². The Morgan fingerprint density at radius 3 is 2.87 bits per heavy atom. The number of nitrogens with zero attached hydrogens (tertiary/aromatic N) is 1. The van der Waals surface area contributed by atoms with Gasteiger partial charge in [-0.1, -0.05) is 30.9 Å². The van der Waals surface area contributed by atoms with E-state index in [-0.39, 0.29) is 6.79 Å². The van der Waals surface area contributed by atoms with Crippen molar-refractivity contribution in [3.63, 3.8) is 0 Å². The number of para-hydroxylation sites is 1. The molecule has 0 saturated carbocycles. The summed E-state index contributed by atoms with van der Waals surface area (Å²) in [6.07, 6.45) is 1.72. The Morgan fingerprint density at radius 2 is 2.04 bits per heavy atom. The topological polar surface area (TPSA) is 30.9 Å². The maximum absolute atomic E-state index is 5.82. The number of benzene rings is 2. The lowest BCUT2D eigenvalue weighted by molar-refractivity contribution is 0.174. The van der Waals surface area contributed by atoms with Crippen LogP contribution in [0.15, 0.2) is 55.1 Å². The summed E-state index contributed by atoms with van der Waals surface area (Å²) in [6, 6.07) is 13.6. The molecular formula is C17H16B2NO3. The summed E-state index contributed by atoms with van der Waals surface area (Å²) in [5.41, 5.74) is 1.96. The van der Waals surface area contributed by atoms with E-state index >= 15 is 0 Å². The normalized spacial score (nSPS) is 11.8. The molecule has 0 unspecified atom stereocenters. The molecule has 0 spiro atoms. The van der Waals surface area contributed by atoms with Gasteiger partial charge in [-0.05, 0) is 18.2 Å². The van der Waals surface area contributed by atoms with Crippen molar-refractivity contribution < 1.29 is 14.2 Å². The number of rotatable bonds is 7. The van der Waals surface area contributed by atoms with Crippen LogP contribution in [0.4, 0.5) is 5.69 Å². The summed E-state index contributed by atoms with van der Waals surface area (Å²) in [5.74, 6) is 2.30. The zero-order chi connectivity index (χ0) is 16.1. The summed E-state index contributed by atoms with van der Waals surface area (Å²) in [6.45, 7) is 4.98. The first-order valence-electron chi connectivity index (χ1n) is 7.35. The highest BCUT2D eigenvalue weighted by atomic mass is 16.7. The molecule has 0 bridgehead atoms. The van der Waals surface area contributed by atoms with E-state index in [0.717, 1.165) is 28.5 Å². The van der Waals surface area contributed by atoms with Gasteiger partial charge >= 0.3 is 0 Å². The Labute approximate surface area is 138 Å². The van der Waals surface area contributed by atoms with Gasteiger partial charge in [-0.15, -0.1) is 0 Å². The van der Waals surface area contributed by atoms with E-state index in [1.54, 1.807) is 13.4 Å². The lowest BCUT2D eigenvalue weighted by Gasteiger charge is -2.25. The Hall–Kier alpha value is -2.49. The van der Waals surface area contributed by atoms with Crippen LogP contribution < -0.4 is 19.0 Å². The van der Waals surface area contributed by atoms with Crippen LogP contribution in [0.5, 0.6) is 17.2 Å². The minimum Gasteiger partial charge on any atom is -0.489 e. The van der Waals surface area contributed by atoms with E-state index in [1.807, 2.05) is 47.3 Å². The van der Waals surface area contributed by atoms with Crippen LogP contribution in [-0.4, -0.2) is 28.4 Å². The highest BCUT2D eigenvalue weighted by Crippen LogP contribution is 2.36. The van der Waals surface area contributed by atoms with Crippen molar-refractivity contribution in [2.24, 2.45) is 0 Å². The summed E-state index contributed by atoms with van der Waals surface area (Å²) >= 11 is 0. The average Bonchev–Trinajstić information content (AvgIpc) is 3.06. The minimum atomic E-state index is 0.253. The molecule has 0 aliphatic carbocycles. The van der Waals surface area contributed by atoms with Crippen LogP contribution >= 0.6 is 0 Å². The molecule has 2 aromatic rings. The lowest BCUT2D eigenvalue weighted by atomic mass is 9.64. The molecule has 0 atom stereocenters. The molecule has 0 saturated heterocycles. The van der Waals surface area contributed by atoms with Crippen molar-refractivity contribution in [3.05, 3.63) is 60.7 Å². The van der Waals surface area contributed by atoms with Gasteiger partial charge in [0.2, 0.25) is 6.79 Å². The second-order valence-electron chi connectivity index (χ2n) is 5.02. The predicted molar refractivity (Wildman–Crippen MR) is 92.4 cm³/mol. The molecule has 1 aliphatic heterocycles. The van der Waals surface area contributed by atoms with Gasteiger partial charge in [-0.25, -0.2) is 0 Å². The smallest absolute Gasteiger partial charge is 0.231 e. The molecule has 1 aliphatic rings. The van der Waals surface area contributed by atoms with E-state index in [9.17, 15) is 0 Å². The third kappa shape index (κ3) is 3.47. The largest absolute Gasteiger partial charge is 0.489 e. The standard InChI is InChI=1S/C17H16B2NO3/c1-2-9-21-15-6-4-3-5-13(15)11-20(19-18)14-7-8-16-17(10-14)23-12-22-16/h2-8,10H,1,9,11-12H2. The fourth-order valence-electron chi connectivity index (χ4n) is 2.40. The summed E-state index contributed by atoms with van der Waals surface area (Å²) in [7, 11) is 7.36. The lowest BCUT2D eigenvalue weighted by Crippen LogP contribution is -2.27. The molecule has 6 heteroatoms. The molecule has 0 fully saturated rings. The molecular weight excluding hydrogens is 288 g/mol. The molecule has 23 heavy (non-hydrogen) atoms. The molecule has 113 valence electrons. The van der Waals surface area contributed by atoms with Gasteiger partial charge < -0.3 is 19.0 Å². The van der Waals surface area contributed by atoms with Crippen molar-refractivity contribution in [1.29, 1.82) is 0 Å². The van der Waals surface area contributed by atoms with E-state index in [4.69, 9.17) is 21.9 Å². The Kier molecular flexibility index (Phi) is 4.81. The first-order chi connectivity index (χ1) is 11.3. The van der Waals surface area contributed by atoms with Gasteiger partial charge in [-0.2, -0.15) is 0 Å². The Balaban J connectivity index is 1.81. The van der Waals surface area contributed by atoms with E-state index in [1.165, 1.54) is 0 Å². The van der Waals surface area contributed by atoms with Gasteiger partial charge in [-0.3, -0.25) is 0 Å². The average molecular weight is 304 g/mol. The van der Waals surface area contributed by atoms with Crippen LogP contribution in [0, 0.1) is 0 Å². The SMILES string of the molecule is [B][B]N(Cc1ccccc1OCC=C)c1ccc2c(c1)OCO2. The van der Waals surface area contributed by atoms with E-state index < -0.39 is 0 Å². The maximum Gasteiger partial charge on any atom is 0.231 e. The highest BCUT2D eigenvalue weighted by molar-refractivity contribution is 6.91. The van der Waals surface area contributed by atoms with Crippen molar-refractivity contribution in [2.75, 3.05) is 18.2 Å². The van der Waals surface area contributed by atoms with Crippen LogP contribution in [0.3, 0.4) is 0 Å². The fraction of sp³-hybridized carbons (Fsp3) is 0.176. The number of ether oxygens (including phenoxy) is 3. The van der Waals surface area contributed by atoms with Crippen LogP contribution in [0.25, 0.3) is 0 Å². The van der Waals surface area contributed by atoms with E-state index in [0.29, 0.717) is 13.2 Å². The molecule has 3 rings (SSSR count). The van der Waals surface area contributed by atoms with Crippen LogP contribution in [0.1, 0.15) is 5.56 Å². The Morgan fingerprint density at radius 1 is 1.22 bits per heavy atom. The van der Waals surface area contributed by atoms with Crippen molar-refractivity contribution >= 4 is 20.7 Å². The summed E-state index contributed by atoms with van der Waals surface area (Å²) in [5, 5.41) is 0. The third-order valence-electron chi connectivity index (χ3n) is 3.54. The zero-order valence-electron chi connectivity index (χ0n) is 12.8. The fourth-order valence-corrected chi connectivity index (χ4v) is 2.40. The maximum atomic E-state index is 5.82. The monoisotopic (exact) mass is 304 g/mol. The quantitative estimate of drug-likeness (QED) is 0.581. The molecule has 3 radical (unpaired) electrons. The molecule has 0 amide bonds. The molecule has 0 aromatic heterocycles. The number of anilines is 1. The summed E-state index contributed by atoms with van der Waals surface area (Å²) in [4.78, 5) is 1.93. The first kappa shape index (κ1) is 15.4. The van der Waals surface area contributed by atoms with Crippen LogP contribution in [-0.2, 0) is 6.54 Å².